The number of carbonyl (C=O) groups is 1. The van der Waals surface area contributed by atoms with E-state index in [9.17, 15) is 9.18 Å². The summed E-state index contributed by atoms with van der Waals surface area (Å²) in [6.45, 7) is 5.44. The minimum atomic E-state index is -0.645. The van der Waals surface area contributed by atoms with E-state index >= 15 is 0 Å². The number of likely N-dealkylation sites (tertiary alicyclic amines) is 1. The fraction of sp³-hybridized carbons (Fsp3) is 0.381. The van der Waals surface area contributed by atoms with Gasteiger partial charge in [-0.15, -0.1) is 0 Å². The highest BCUT2D eigenvalue weighted by Gasteiger charge is 2.15. The molecule has 0 aliphatic carbocycles. The fourth-order valence-electron chi connectivity index (χ4n) is 3.14. The van der Waals surface area contributed by atoms with E-state index in [1.165, 1.54) is 55.8 Å². The lowest BCUT2D eigenvalue weighted by molar-refractivity contribution is -0.127. The van der Waals surface area contributed by atoms with Gasteiger partial charge in [0.2, 0.25) is 0 Å². The predicted octanol–water partition coefficient (Wildman–Crippen LogP) is 3.51. The van der Waals surface area contributed by atoms with Crippen molar-refractivity contribution in [3.05, 3.63) is 65.5 Å². The minimum absolute atomic E-state index is 0.195. The molecule has 1 aliphatic heterocycles. The molecule has 1 aliphatic rings. The number of ether oxygens (including phenoxy) is 1. The number of nitrogens with zero attached hydrogens (tertiary/aromatic N) is 1. The fourth-order valence-corrected chi connectivity index (χ4v) is 3.14. The SMILES string of the molecule is C[C@H](Oc1ccc(F)cc1)C(=O)NCc1cccc(CN2CCCC2)c1. The number of rotatable bonds is 7. The summed E-state index contributed by atoms with van der Waals surface area (Å²) in [7, 11) is 0. The zero-order valence-corrected chi connectivity index (χ0v) is 15.1. The summed E-state index contributed by atoms with van der Waals surface area (Å²) in [5.74, 6) is -0.0517. The second kappa shape index (κ2) is 8.81. The molecular weight excluding hydrogens is 331 g/mol. The van der Waals surface area contributed by atoms with Gasteiger partial charge in [-0.1, -0.05) is 24.3 Å². The Hall–Kier alpha value is -2.40. The molecule has 3 rings (SSSR count). The molecule has 0 saturated carbocycles. The van der Waals surface area contributed by atoms with Crippen LogP contribution in [0.5, 0.6) is 5.75 Å². The van der Waals surface area contributed by atoms with Gasteiger partial charge >= 0.3 is 0 Å². The number of carbonyl (C=O) groups excluding carboxylic acids is 1. The third-order valence-electron chi connectivity index (χ3n) is 4.56. The Morgan fingerprint density at radius 1 is 1.15 bits per heavy atom. The average molecular weight is 356 g/mol. The first-order chi connectivity index (χ1) is 12.6. The van der Waals surface area contributed by atoms with Crippen LogP contribution in [0.1, 0.15) is 30.9 Å². The summed E-state index contributed by atoms with van der Waals surface area (Å²) in [6, 6.07) is 14.0. The van der Waals surface area contributed by atoms with Crippen molar-refractivity contribution in [2.24, 2.45) is 0 Å². The van der Waals surface area contributed by atoms with Crippen LogP contribution >= 0.6 is 0 Å². The molecule has 1 amide bonds. The second-order valence-corrected chi connectivity index (χ2v) is 6.74. The van der Waals surface area contributed by atoms with Crippen LogP contribution in [-0.2, 0) is 17.9 Å². The summed E-state index contributed by atoms with van der Waals surface area (Å²) < 4.78 is 18.5. The van der Waals surface area contributed by atoms with Crippen molar-refractivity contribution in [2.75, 3.05) is 13.1 Å². The van der Waals surface area contributed by atoms with Crippen molar-refractivity contribution in [3.63, 3.8) is 0 Å². The molecule has 138 valence electrons. The normalized spacial score (nSPS) is 15.6. The molecule has 0 unspecified atom stereocenters. The molecule has 1 fully saturated rings. The maximum absolute atomic E-state index is 12.9. The maximum atomic E-state index is 12.9. The monoisotopic (exact) mass is 356 g/mol. The molecular formula is C21H25FN2O2. The van der Waals surface area contributed by atoms with E-state index in [1.54, 1.807) is 6.92 Å². The van der Waals surface area contributed by atoms with E-state index in [0.29, 0.717) is 12.3 Å². The summed E-state index contributed by atoms with van der Waals surface area (Å²) >= 11 is 0. The lowest BCUT2D eigenvalue weighted by Gasteiger charge is -2.16. The smallest absolute Gasteiger partial charge is 0.261 e. The van der Waals surface area contributed by atoms with Crippen LogP contribution in [0.3, 0.4) is 0 Å². The zero-order chi connectivity index (χ0) is 18.4. The molecule has 0 radical (unpaired) electrons. The molecule has 0 spiro atoms. The van der Waals surface area contributed by atoms with Gasteiger partial charge in [0.15, 0.2) is 6.10 Å². The van der Waals surface area contributed by atoms with Gasteiger partial charge in [0.05, 0.1) is 0 Å². The van der Waals surface area contributed by atoms with Crippen molar-refractivity contribution < 1.29 is 13.9 Å². The van der Waals surface area contributed by atoms with Gasteiger partial charge in [-0.05, 0) is 68.2 Å². The molecule has 26 heavy (non-hydrogen) atoms. The van der Waals surface area contributed by atoms with Gasteiger partial charge < -0.3 is 10.1 Å². The molecule has 2 aromatic carbocycles. The first-order valence-electron chi connectivity index (χ1n) is 9.10. The van der Waals surface area contributed by atoms with E-state index in [0.717, 1.165) is 12.1 Å². The Kier molecular flexibility index (Phi) is 6.23. The number of halogens is 1. The maximum Gasteiger partial charge on any atom is 0.261 e. The summed E-state index contributed by atoms with van der Waals surface area (Å²) in [5, 5.41) is 2.90. The predicted molar refractivity (Wildman–Crippen MR) is 99.3 cm³/mol. The third kappa shape index (κ3) is 5.30. The average Bonchev–Trinajstić information content (AvgIpc) is 3.15. The van der Waals surface area contributed by atoms with Gasteiger partial charge in [-0.25, -0.2) is 4.39 Å². The van der Waals surface area contributed by atoms with E-state index in [2.05, 4.69) is 22.3 Å². The van der Waals surface area contributed by atoms with Crippen LogP contribution in [-0.4, -0.2) is 30.0 Å². The van der Waals surface area contributed by atoms with Crippen LogP contribution < -0.4 is 10.1 Å². The van der Waals surface area contributed by atoms with Gasteiger partial charge in [-0.3, -0.25) is 9.69 Å². The van der Waals surface area contributed by atoms with Crippen LogP contribution in [0.4, 0.5) is 4.39 Å². The summed E-state index contributed by atoms with van der Waals surface area (Å²) in [6.07, 6.45) is 1.91. The van der Waals surface area contributed by atoms with Crippen molar-refractivity contribution in [1.29, 1.82) is 0 Å². The highest BCUT2D eigenvalue weighted by atomic mass is 19.1. The largest absolute Gasteiger partial charge is 0.481 e. The Balaban J connectivity index is 1.49. The van der Waals surface area contributed by atoms with Crippen molar-refractivity contribution >= 4 is 5.91 Å². The topological polar surface area (TPSA) is 41.6 Å². The number of nitrogens with one attached hydrogen (secondary N) is 1. The van der Waals surface area contributed by atoms with Gasteiger partial charge in [-0.2, -0.15) is 0 Å². The Morgan fingerprint density at radius 2 is 1.85 bits per heavy atom. The summed E-state index contributed by atoms with van der Waals surface area (Å²) in [4.78, 5) is 14.7. The number of benzene rings is 2. The highest BCUT2D eigenvalue weighted by Crippen LogP contribution is 2.15. The third-order valence-corrected chi connectivity index (χ3v) is 4.56. The van der Waals surface area contributed by atoms with Crippen LogP contribution in [0.15, 0.2) is 48.5 Å². The van der Waals surface area contributed by atoms with Crippen molar-refractivity contribution in [2.45, 2.75) is 39.0 Å². The van der Waals surface area contributed by atoms with Gasteiger partial charge in [0.25, 0.3) is 5.91 Å². The first kappa shape index (κ1) is 18.4. The lowest BCUT2D eigenvalue weighted by atomic mass is 10.1. The number of amides is 1. The molecule has 2 aromatic rings. The molecule has 1 atom stereocenters. The molecule has 4 nitrogen and oxygen atoms in total. The Labute approximate surface area is 154 Å². The number of hydrogen-bond donors (Lipinski definition) is 1. The van der Waals surface area contributed by atoms with Gasteiger partial charge in [0, 0.05) is 13.1 Å². The Bertz CT molecular complexity index is 727. The molecule has 0 bridgehead atoms. The van der Waals surface area contributed by atoms with Crippen molar-refractivity contribution in [1.82, 2.24) is 10.2 Å². The van der Waals surface area contributed by atoms with Crippen molar-refractivity contribution in [3.8, 4) is 5.75 Å². The van der Waals surface area contributed by atoms with Crippen LogP contribution in [0.2, 0.25) is 0 Å². The Morgan fingerprint density at radius 3 is 2.58 bits per heavy atom. The minimum Gasteiger partial charge on any atom is -0.481 e. The van der Waals surface area contributed by atoms with E-state index in [-0.39, 0.29) is 11.7 Å². The van der Waals surface area contributed by atoms with E-state index in [1.807, 2.05) is 12.1 Å². The number of hydrogen-bond acceptors (Lipinski definition) is 3. The lowest BCUT2D eigenvalue weighted by Crippen LogP contribution is -2.35. The zero-order valence-electron chi connectivity index (χ0n) is 15.1. The first-order valence-corrected chi connectivity index (χ1v) is 9.10. The van der Waals surface area contributed by atoms with E-state index in [4.69, 9.17) is 4.74 Å². The molecule has 5 heteroatoms. The molecule has 1 saturated heterocycles. The van der Waals surface area contributed by atoms with Gasteiger partial charge in [0.1, 0.15) is 11.6 Å². The standard InChI is InChI=1S/C21H25FN2O2/c1-16(26-20-9-7-19(22)8-10-20)21(25)23-14-17-5-4-6-18(13-17)15-24-11-2-3-12-24/h4-10,13,16H,2-3,11-12,14-15H2,1H3,(H,23,25)/t16-/m0/s1. The van der Waals surface area contributed by atoms with E-state index < -0.39 is 6.10 Å². The molecule has 0 aromatic heterocycles. The molecule has 1 N–H and O–H groups in total. The quantitative estimate of drug-likeness (QED) is 0.825. The summed E-state index contributed by atoms with van der Waals surface area (Å²) in [5.41, 5.74) is 2.35. The van der Waals surface area contributed by atoms with Crippen LogP contribution in [0.25, 0.3) is 0 Å². The van der Waals surface area contributed by atoms with Crippen LogP contribution in [0, 0.1) is 5.82 Å². The molecule has 1 heterocycles. The highest BCUT2D eigenvalue weighted by molar-refractivity contribution is 5.80. The second-order valence-electron chi connectivity index (χ2n) is 6.74.